The van der Waals surface area contributed by atoms with Crippen molar-refractivity contribution >= 4 is 11.3 Å². The van der Waals surface area contributed by atoms with Gasteiger partial charge in [0.25, 0.3) is 0 Å². The molecule has 1 atom stereocenters. The Morgan fingerprint density at radius 3 is 2.64 bits per heavy atom. The Hall–Kier alpha value is -0.590. The molecule has 0 aromatic carbocycles. The first-order valence-electron chi connectivity index (χ1n) is 4.08. The monoisotopic (exact) mass is 224 g/mol. The second-order valence-corrected chi connectivity index (χ2v) is 3.71. The summed E-state index contributed by atoms with van der Waals surface area (Å²) in [5, 5.41) is 3.68. The van der Waals surface area contributed by atoms with Gasteiger partial charge in [-0.25, -0.2) is 5.43 Å². The summed E-state index contributed by atoms with van der Waals surface area (Å²) in [6.45, 7) is 0. The quantitative estimate of drug-likeness (QED) is 0.607. The van der Waals surface area contributed by atoms with Gasteiger partial charge in [-0.1, -0.05) is 0 Å². The highest BCUT2D eigenvalue weighted by Gasteiger charge is 2.38. The molecular weight excluding hydrogens is 213 g/mol. The molecule has 0 amide bonds. The minimum Gasteiger partial charge on any atom is -0.271 e. The van der Waals surface area contributed by atoms with Crippen LogP contribution in [0.3, 0.4) is 0 Å². The van der Waals surface area contributed by atoms with Crippen LogP contribution in [0.4, 0.5) is 13.2 Å². The summed E-state index contributed by atoms with van der Waals surface area (Å²) in [6, 6.07) is 0.191. The largest absolute Gasteiger partial charge is 0.405 e. The predicted octanol–water partition coefficient (Wildman–Crippen LogP) is 2.07. The SMILES string of the molecule is NNC(CCc1ccsc1)C(F)(F)F. The van der Waals surface area contributed by atoms with E-state index in [4.69, 9.17) is 5.84 Å². The Balaban J connectivity index is 2.43. The summed E-state index contributed by atoms with van der Waals surface area (Å²) in [6.07, 6.45) is -3.92. The first kappa shape index (κ1) is 11.5. The zero-order chi connectivity index (χ0) is 10.6. The van der Waals surface area contributed by atoms with Gasteiger partial charge in [0.2, 0.25) is 0 Å². The molecule has 0 saturated heterocycles. The number of hydrazine groups is 1. The Kier molecular flexibility index (Phi) is 3.91. The van der Waals surface area contributed by atoms with Gasteiger partial charge in [0.15, 0.2) is 0 Å². The van der Waals surface area contributed by atoms with Gasteiger partial charge in [0.05, 0.1) is 0 Å². The normalized spacial score (nSPS) is 14.3. The zero-order valence-electron chi connectivity index (χ0n) is 7.34. The third-order valence-corrected chi connectivity index (χ3v) is 2.63. The molecule has 1 unspecified atom stereocenters. The molecule has 3 N–H and O–H groups in total. The summed E-state index contributed by atoms with van der Waals surface area (Å²) < 4.78 is 36.6. The predicted molar refractivity (Wildman–Crippen MR) is 49.8 cm³/mol. The number of rotatable bonds is 4. The smallest absolute Gasteiger partial charge is 0.271 e. The van der Waals surface area contributed by atoms with Crippen molar-refractivity contribution < 1.29 is 13.2 Å². The lowest BCUT2D eigenvalue weighted by atomic mass is 10.1. The highest BCUT2D eigenvalue weighted by Crippen LogP contribution is 2.23. The number of alkyl halides is 3. The summed E-state index contributed by atoms with van der Waals surface area (Å²) >= 11 is 1.47. The number of halogens is 3. The Bertz CT molecular complexity index is 258. The fourth-order valence-electron chi connectivity index (χ4n) is 1.09. The number of aryl methyl sites for hydroxylation is 1. The van der Waals surface area contributed by atoms with Gasteiger partial charge in [-0.2, -0.15) is 24.5 Å². The summed E-state index contributed by atoms with van der Waals surface area (Å²) in [5.41, 5.74) is 2.70. The van der Waals surface area contributed by atoms with Crippen LogP contribution in [0, 0.1) is 0 Å². The fourth-order valence-corrected chi connectivity index (χ4v) is 1.79. The fraction of sp³-hybridized carbons (Fsp3) is 0.500. The number of hydrogen-bond acceptors (Lipinski definition) is 3. The van der Waals surface area contributed by atoms with Crippen molar-refractivity contribution in [3.05, 3.63) is 22.4 Å². The van der Waals surface area contributed by atoms with Crippen LogP contribution in [-0.2, 0) is 6.42 Å². The molecule has 0 saturated carbocycles. The summed E-state index contributed by atoms with van der Waals surface area (Å²) in [7, 11) is 0. The van der Waals surface area contributed by atoms with E-state index < -0.39 is 12.2 Å². The highest BCUT2D eigenvalue weighted by molar-refractivity contribution is 7.07. The van der Waals surface area contributed by atoms with Gasteiger partial charge in [-0.3, -0.25) is 5.84 Å². The number of hydrogen-bond donors (Lipinski definition) is 2. The van der Waals surface area contributed by atoms with Crippen LogP contribution in [0.15, 0.2) is 16.8 Å². The van der Waals surface area contributed by atoms with Crippen LogP contribution < -0.4 is 11.3 Å². The molecule has 1 aromatic rings. The molecule has 80 valence electrons. The van der Waals surface area contributed by atoms with Crippen LogP contribution in [0.2, 0.25) is 0 Å². The van der Waals surface area contributed by atoms with E-state index in [1.807, 2.05) is 16.8 Å². The molecule has 0 fully saturated rings. The van der Waals surface area contributed by atoms with E-state index in [0.717, 1.165) is 5.56 Å². The van der Waals surface area contributed by atoms with E-state index in [1.54, 1.807) is 5.43 Å². The zero-order valence-corrected chi connectivity index (χ0v) is 8.16. The third-order valence-electron chi connectivity index (χ3n) is 1.90. The minimum atomic E-state index is -4.27. The van der Waals surface area contributed by atoms with E-state index in [0.29, 0.717) is 6.42 Å². The standard InChI is InChI=1S/C8H11F3N2S/c9-8(10,11)7(13-12)2-1-6-3-4-14-5-6/h3-5,7,13H,1-2,12H2. The van der Waals surface area contributed by atoms with Crippen LogP contribution in [0.1, 0.15) is 12.0 Å². The maximum atomic E-state index is 12.2. The molecule has 0 spiro atoms. The van der Waals surface area contributed by atoms with E-state index in [9.17, 15) is 13.2 Å². The number of nitrogens with two attached hydrogens (primary N) is 1. The van der Waals surface area contributed by atoms with Crippen LogP contribution in [-0.4, -0.2) is 12.2 Å². The lowest BCUT2D eigenvalue weighted by Gasteiger charge is -2.18. The molecule has 1 aromatic heterocycles. The van der Waals surface area contributed by atoms with E-state index in [1.165, 1.54) is 11.3 Å². The Labute approximate surface area is 83.9 Å². The molecule has 6 heteroatoms. The van der Waals surface area contributed by atoms with Gasteiger partial charge < -0.3 is 0 Å². The maximum Gasteiger partial charge on any atom is 0.405 e. The van der Waals surface area contributed by atoms with Crippen molar-refractivity contribution in [2.45, 2.75) is 25.1 Å². The average molecular weight is 224 g/mol. The van der Waals surface area contributed by atoms with Crippen molar-refractivity contribution in [3.8, 4) is 0 Å². The van der Waals surface area contributed by atoms with Gasteiger partial charge >= 0.3 is 6.18 Å². The lowest BCUT2D eigenvalue weighted by Crippen LogP contribution is -2.46. The highest BCUT2D eigenvalue weighted by atomic mass is 32.1. The van der Waals surface area contributed by atoms with Crippen molar-refractivity contribution in [2.24, 2.45) is 5.84 Å². The molecule has 1 heterocycles. The topological polar surface area (TPSA) is 38.0 Å². The van der Waals surface area contributed by atoms with Crippen molar-refractivity contribution in [2.75, 3.05) is 0 Å². The van der Waals surface area contributed by atoms with E-state index in [-0.39, 0.29) is 6.42 Å². The van der Waals surface area contributed by atoms with Crippen molar-refractivity contribution in [1.82, 2.24) is 5.43 Å². The Morgan fingerprint density at radius 1 is 1.50 bits per heavy atom. The second kappa shape index (κ2) is 4.77. The number of nitrogens with one attached hydrogen (secondary N) is 1. The summed E-state index contributed by atoms with van der Waals surface area (Å²) in [4.78, 5) is 0. The Morgan fingerprint density at radius 2 is 2.21 bits per heavy atom. The molecule has 2 nitrogen and oxygen atoms in total. The number of thiophene rings is 1. The average Bonchev–Trinajstić information content (AvgIpc) is 2.55. The molecule has 14 heavy (non-hydrogen) atoms. The summed E-state index contributed by atoms with van der Waals surface area (Å²) in [5.74, 6) is 4.83. The second-order valence-electron chi connectivity index (χ2n) is 2.93. The molecule has 0 radical (unpaired) electrons. The van der Waals surface area contributed by atoms with Crippen LogP contribution in [0.25, 0.3) is 0 Å². The molecule has 0 bridgehead atoms. The molecule has 0 aliphatic rings. The van der Waals surface area contributed by atoms with Crippen LogP contribution >= 0.6 is 11.3 Å². The molecule has 1 rings (SSSR count). The first-order chi connectivity index (χ1) is 6.54. The van der Waals surface area contributed by atoms with Gasteiger partial charge in [0, 0.05) is 0 Å². The van der Waals surface area contributed by atoms with Crippen LogP contribution in [0.5, 0.6) is 0 Å². The molecular formula is C8H11F3N2S. The van der Waals surface area contributed by atoms with E-state index in [2.05, 4.69) is 0 Å². The van der Waals surface area contributed by atoms with Crippen molar-refractivity contribution in [3.63, 3.8) is 0 Å². The molecule has 0 aliphatic carbocycles. The van der Waals surface area contributed by atoms with Crippen molar-refractivity contribution in [1.29, 1.82) is 0 Å². The maximum absolute atomic E-state index is 12.2. The molecule has 0 aliphatic heterocycles. The lowest BCUT2D eigenvalue weighted by molar-refractivity contribution is -0.157. The minimum absolute atomic E-state index is 0.0310. The van der Waals surface area contributed by atoms with Gasteiger partial charge in [0.1, 0.15) is 6.04 Å². The van der Waals surface area contributed by atoms with Gasteiger partial charge in [-0.15, -0.1) is 0 Å². The first-order valence-corrected chi connectivity index (χ1v) is 5.02. The third kappa shape index (κ3) is 3.28. The van der Waals surface area contributed by atoms with Gasteiger partial charge in [-0.05, 0) is 35.2 Å². The van der Waals surface area contributed by atoms with E-state index >= 15 is 0 Å².